The average molecular weight is 272 g/mol. The molecule has 0 bridgehead atoms. The summed E-state index contributed by atoms with van der Waals surface area (Å²) in [6.45, 7) is 2.23. The second-order valence-electron chi connectivity index (χ2n) is 4.38. The maximum absolute atomic E-state index is 12.2. The first kappa shape index (κ1) is 14.1. The minimum atomic E-state index is -0.830. The van der Waals surface area contributed by atoms with E-state index in [-0.39, 0.29) is 0 Å². The van der Waals surface area contributed by atoms with Crippen molar-refractivity contribution in [1.82, 2.24) is 0 Å². The van der Waals surface area contributed by atoms with Crippen LogP contribution in [0.1, 0.15) is 30.1 Å². The maximum Gasteiger partial charge on any atom is 0.341 e. The number of esters is 1. The Morgan fingerprint density at radius 3 is 2.70 bits per heavy atom. The molecular weight excluding hydrogens is 256 g/mol. The summed E-state index contributed by atoms with van der Waals surface area (Å²) in [4.78, 5) is 22.6. The van der Waals surface area contributed by atoms with Crippen molar-refractivity contribution in [3.05, 3.63) is 48.0 Å². The topological polar surface area (TPSA) is 52.6 Å². The predicted molar refractivity (Wildman–Crippen MR) is 75.2 cm³/mol. The molecule has 1 unspecified atom stereocenters. The number of hydrogen-bond acceptors (Lipinski definition) is 4. The lowest BCUT2D eigenvalue weighted by molar-refractivity contribution is -0.153. The fourth-order valence-corrected chi connectivity index (χ4v) is 2.04. The Morgan fingerprint density at radius 2 is 1.95 bits per heavy atom. The molecule has 0 N–H and O–H groups in total. The number of ether oxygens (including phenoxy) is 2. The fourth-order valence-electron chi connectivity index (χ4n) is 2.04. The first-order valence-corrected chi connectivity index (χ1v) is 6.54. The zero-order valence-electron chi connectivity index (χ0n) is 11.2. The van der Waals surface area contributed by atoms with Gasteiger partial charge in [-0.15, -0.1) is 0 Å². The Hall–Kier alpha value is -2.36. The summed E-state index contributed by atoms with van der Waals surface area (Å²) in [5.41, 5.74) is 0.471. The van der Waals surface area contributed by atoms with Gasteiger partial charge in [-0.05, 0) is 23.3 Å². The molecule has 0 heterocycles. The van der Waals surface area contributed by atoms with Crippen LogP contribution in [-0.2, 0) is 14.3 Å². The van der Waals surface area contributed by atoms with Crippen LogP contribution in [0.4, 0.5) is 0 Å². The number of rotatable bonds is 6. The summed E-state index contributed by atoms with van der Waals surface area (Å²) in [6.07, 6.45) is 0.403. The molecule has 2 rings (SSSR count). The number of hydrogen-bond donors (Lipinski definition) is 0. The molecule has 0 aliphatic heterocycles. The van der Waals surface area contributed by atoms with Crippen LogP contribution in [0.2, 0.25) is 0 Å². The highest BCUT2D eigenvalue weighted by Gasteiger charge is 2.17. The van der Waals surface area contributed by atoms with Crippen molar-refractivity contribution in [2.24, 2.45) is 0 Å². The van der Waals surface area contributed by atoms with Crippen molar-refractivity contribution in [2.45, 2.75) is 26.1 Å². The molecule has 0 fully saturated rings. The summed E-state index contributed by atoms with van der Waals surface area (Å²) in [5, 5.41) is 1.78. The number of benzene rings is 2. The van der Waals surface area contributed by atoms with Crippen molar-refractivity contribution in [2.75, 3.05) is 0 Å². The quantitative estimate of drug-likeness (QED) is 0.460. The second-order valence-corrected chi connectivity index (χ2v) is 4.38. The zero-order valence-corrected chi connectivity index (χ0v) is 11.2. The third-order valence-electron chi connectivity index (χ3n) is 2.98. The molecule has 20 heavy (non-hydrogen) atoms. The highest BCUT2D eigenvalue weighted by Crippen LogP contribution is 2.20. The van der Waals surface area contributed by atoms with Crippen molar-refractivity contribution in [1.29, 1.82) is 0 Å². The molecule has 4 heteroatoms. The van der Waals surface area contributed by atoms with E-state index in [1.165, 1.54) is 0 Å². The third kappa shape index (κ3) is 3.15. The maximum atomic E-state index is 12.2. The van der Waals surface area contributed by atoms with Gasteiger partial charge in [-0.25, -0.2) is 4.79 Å². The fraction of sp³-hybridized carbons (Fsp3) is 0.250. The molecule has 4 nitrogen and oxygen atoms in total. The Labute approximate surface area is 117 Å². The molecule has 0 aromatic heterocycles. The second kappa shape index (κ2) is 6.70. The van der Waals surface area contributed by atoms with Crippen molar-refractivity contribution >= 4 is 23.2 Å². The van der Waals surface area contributed by atoms with Crippen LogP contribution < -0.4 is 0 Å². The van der Waals surface area contributed by atoms with E-state index >= 15 is 0 Å². The van der Waals surface area contributed by atoms with Gasteiger partial charge < -0.3 is 9.47 Å². The molecule has 2 aromatic rings. The molecule has 1 atom stereocenters. The summed E-state index contributed by atoms with van der Waals surface area (Å²) in [6, 6.07) is 13.0. The van der Waals surface area contributed by atoms with Crippen LogP contribution in [0.5, 0.6) is 0 Å². The van der Waals surface area contributed by atoms with Gasteiger partial charge in [-0.1, -0.05) is 43.3 Å². The number of carbonyl (C=O) groups excluding carboxylic acids is 2. The number of fused-ring (bicyclic) bond motifs is 1. The molecule has 0 aliphatic carbocycles. The summed E-state index contributed by atoms with van der Waals surface area (Å²) < 4.78 is 10.00. The Morgan fingerprint density at radius 1 is 1.20 bits per heavy atom. The minimum Gasteiger partial charge on any atom is -0.427 e. The van der Waals surface area contributed by atoms with Crippen LogP contribution in [-0.4, -0.2) is 18.7 Å². The predicted octanol–water partition coefficient (Wildman–Crippen LogP) is 3.30. The van der Waals surface area contributed by atoms with Gasteiger partial charge in [0.25, 0.3) is 6.47 Å². The smallest absolute Gasteiger partial charge is 0.341 e. The highest BCUT2D eigenvalue weighted by atomic mass is 16.7. The standard InChI is InChI=1S/C16H16O4/c1-2-6-15(19-11-17)20-16(18)14-10-5-8-12-7-3-4-9-13(12)14/h3-5,7-11,15H,2,6H2,1H3. The van der Waals surface area contributed by atoms with Gasteiger partial charge in [-0.2, -0.15) is 0 Å². The Bertz CT molecular complexity index is 601. The van der Waals surface area contributed by atoms with Crippen molar-refractivity contribution in [3.8, 4) is 0 Å². The number of carbonyl (C=O) groups is 2. The molecular formula is C16H16O4. The van der Waals surface area contributed by atoms with Gasteiger partial charge in [0.1, 0.15) is 0 Å². The lowest BCUT2D eigenvalue weighted by Crippen LogP contribution is -2.21. The van der Waals surface area contributed by atoms with E-state index in [1.807, 2.05) is 37.3 Å². The zero-order chi connectivity index (χ0) is 14.4. The lowest BCUT2D eigenvalue weighted by Gasteiger charge is -2.15. The monoisotopic (exact) mass is 272 g/mol. The van der Waals surface area contributed by atoms with E-state index in [2.05, 4.69) is 0 Å². The first-order chi connectivity index (χ1) is 9.76. The van der Waals surface area contributed by atoms with Gasteiger partial charge in [0.05, 0.1) is 5.56 Å². The van der Waals surface area contributed by atoms with Crippen LogP contribution in [0.15, 0.2) is 42.5 Å². The van der Waals surface area contributed by atoms with E-state index < -0.39 is 12.3 Å². The third-order valence-corrected chi connectivity index (χ3v) is 2.98. The summed E-state index contributed by atoms with van der Waals surface area (Å²) >= 11 is 0. The van der Waals surface area contributed by atoms with Crippen molar-refractivity contribution < 1.29 is 19.1 Å². The van der Waals surface area contributed by atoms with Gasteiger partial charge in [0.15, 0.2) is 0 Å². The molecule has 0 radical (unpaired) electrons. The van der Waals surface area contributed by atoms with Gasteiger partial charge >= 0.3 is 5.97 Å². The largest absolute Gasteiger partial charge is 0.427 e. The van der Waals surface area contributed by atoms with Crippen LogP contribution in [0, 0.1) is 0 Å². The van der Waals surface area contributed by atoms with Crippen LogP contribution in [0.3, 0.4) is 0 Å². The summed E-state index contributed by atoms with van der Waals surface area (Å²) in [5.74, 6) is -0.484. The van der Waals surface area contributed by atoms with E-state index in [4.69, 9.17) is 9.47 Å². The van der Waals surface area contributed by atoms with Crippen LogP contribution in [0.25, 0.3) is 10.8 Å². The van der Waals surface area contributed by atoms with Crippen molar-refractivity contribution in [3.63, 3.8) is 0 Å². The SMILES string of the molecule is CCCC(OC=O)OC(=O)c1cccc2ccccc12. The first-order valence-electron chi connectivity index (χ1n) is 6.54. The minimum absolute atomic E-state index is 0.302. The van der Waals surface area contributed by atoms with Gasteiger partial charge in [0, 0.05) is 6.42 Å². The summed E-state index contributed by atoms with van der Waals surface area (Å²) in [7, 11) is 0. The molecule has 0 saturated carbocycles. The van der Waals surface area contributed by atoms with Gasteiger partial charge in [0.2, 0.25) is 6.29 Å². The Balaban J connectivity index is 2.24. The molecule has 0 saturated heterocycles. The van der Waals surface area contributed by atoms with E-state index in [0.717, 1.165) is 17.2 Å². The van der Waals surface area contributed by atoms with E-state index in [0.29, 0.717) is 18.5 Å². The van der Waals surface area contributed by atoms with E-state index in [9.17, 15) is 9.59 Å². The van der Waals surface area contributed by atoms with Crippen LogP contribution >= 0.6 is 0 Å². The van der Waals surface area contributed by atoms with Gasteiger partial charge in [-0.3, -0.25) is 4.79 Å². The molecule has 0 aliphatic rings. The molecule has 104 valence electrons. The normalized spacial score (nSPS) is 11.8. The average Bonchev–Trinajstić information content (AvgIpc) is 2.47. The molecule has 2 aromatic carbocycles. The Kier molecular flexibility index (Phi) is 4.71. The molecule has 0 amide bonds. The highest BCUT2D eigenvalue weighted by molar-refractivity contribution is 6.04. The van der Waals surface area contributed by atoms with E-state index in [1.54, 1.807) is 12.1 Å². The lowest BCUT2D eigenvalue weighted by atomic mass is 10.0. The molecule has 0 spiro atoms.